The van der Waals surface area contributed by atoms with Crippen molar-refractivity contribution in [2.45, 2.75) is 329 Å². The molecule has 0 N–H and O–H groups in total. The number of rotatable bonds is 62. The van der Waals surface area contributed by atoms with Crippen molar-refractivity contribution < 1.29 is 28.6 Å². The lowest BCUT2D eigenvalue weighted by Crippen LogP contribution is -2.30. The van der Waals surface area contributed by atoms with E-state index >= 15 is 0 Å². The highest BCUT2D eigenvalue weighted by Gasteiger charge is 2.19. The molecule has 1 unspecified atom stereocenters. The lowest BCUT2D eigenvalue weighted by atomic mass is 10.0. The molecule has 0 aromatic carbocycles. The van der Waals surface area contributed by atoms with Crippen LogP contribution in [0.2, 0.25) is 0 Å². The lowest BCUT2D eigenvalue weighted by Gasteiger charge is -2.18. The predicted molar refractivity (Wildman–Crippen MR) is 357 cm³/mol. The van der Waals surface area contributed by atoms with E-state index in [1.165, 1.54) is 148 Å². The van der Waals surface area contributed by atoms with Crippen LogP contribution in [0.25, 0.3) is 0 Å². The molecule has 6 heteroatoms. The molecule has 82 heavy (non-hydrogen) atoms. The van der Waals surface area contributed by atoms with Gasteiger partial charge in [0.25, 0.3) is 0 Å². The molecule has 6 nitrogen and oxygen atoms in total. The fraction of sp³-hybridized carbons (Fsp3) is 0.697. The molecule has 0 aliphatic rings. The van der Waals surface area contributed by atoms with Gasteiger partial charge in [-0.2, -0.15) is 0 Å². The molecule has 0 saturated heterocycles. The Kier molecular flexibility index (Phi) is 65.8. The summed E-state index contributed by atoms with van der Waals surface area (Å²) in [5, 5.41) is 0. The number of carbonyl (C=O) groups excluding carboxylic acids is 3. The molecule has 0 radical (unpaired) electrons. The minimum atomic E-state index is -0.787. The highest BCUT2D eigenvalue weighted by atomic mass is 16.6. The molecule has 0 amide bonds. The summed E-state index contributed by atoms with van der Waals surface area (Å²) in [6, 6.07) is 0. The summed E-state index contributed by atoms with van der Waals surface area (Å²) in [6.45, 7) is 6.42. The van der Waals surface area contributed by atoms with Crippen molar-refractivity contribution in [3.05, 3.63) is 122 Å². The molecular formula is C76H128O6. The molecule has 0 saturated carbocycles. The Morgan fingerprint density at radius 3 is 0.744 bits per heavy atom. The zero-order valence-corrected chi connectivity index (χ0v) is 53.7. The van der Waals surface area contributed by atoms with E-state index in [-0.39, 0.29) is 31.1 Å². The first-order chi connectivity index (χ1) is 40.5. The van der Waals surface area contributed by atoms with Gasteiger partial charge in [-0.15, -0.1) is 0 Å². The fourth-order valence-electron chi connectivity index (χ4n) is 9.62. The van der Waals surface area contributed by atoms with Crippen molar-refractivity contribution in [3.63, 3.8) is 0 Å². The van der Waals surface area contributed by atoms with Gasteiger partial charge in [0, 0.05) is 19.3 Å². The van der Waals surface area contributed by atoms with Crippen LogP contribution < -0.4 is 0 Å². The maximum Gasteiger partial charge on any atom is 0.306 e. The first-order valence-electron chi connectivity index (χ1n) is 34.5. The largest absolute Gasteiger partial charge is 0.462 e. The molecule has 0 bridgehead atoms. The Bertz CT molecular complexity index is 1690. The van der Waals surface area contributed by atoms with Crippen LogP contribution in [0.3, 0.4) is 0 Å². The predicted octanol–water partition coefficient (Wildman–Crippen LogP) is 23.9. The zero-order chi connectivity index (χ0) is 59.2. The van der Waals surface area contributed by atoms with Crippen molar-refractivity contribution in [2.24, 2.45) is 0 Å². The minimum absolute atomic E-state index is 0.0824. The summed E-state index contributed by atoms with van der Waals surface area (Å²) >= 11 is 0. The fourth-order valence-corrected chi connectivity index (χ4v) is 9.62. The maximum atomic E-state index is 12.9. The van der Waals surface area contributed by atoms with E-state index in [0.29, 0.717) is 19.3 Å². The minimum Gasteiger partial charge on any atom is -0.462 e. The van der Waals surface area contributed by atoms with Gasteiger partial charge in [-0.25, -0.2) is 0 Å². The average molecular weight is 1140 g/mol. The van der Waals surface area contributed by atoms with Crippen molar-refractivity contribution in [3.8, 4) is 0 Å². The van der Waals surface area contributed by atoms with Crippen LogP contribution in [0.1, 0.15) is 323 Å². The Morgan fingerprint density at radius 2 is 0.476 bits per heavy atom. The van der Waals surface area contributed by atoms with Crippen LogP contribution in [0.5, 0.6) is 0 Å². The normalized spacial score (nSPS) is 12.9. The Morgan fingerprint density at radius 1 is 0.256 bits per heavy atom. The van der Waals surface area contributed by atoms with Gasteiger partial charge in [0.05, 0.1) is 0 Å². The van der Waals surface area contributed by atoms with E-state index in [2.05, 4.69) is 142 Å². The van der Waals surface area contributed by atoms with Gasteiger partial charge < -0.3 is 14.2 Å². The third-order valence-corrected chi connectivity index (χ3v) is 14.7. The van der Waals surface area contributed by atoms with E-state index in [4.69, 9.17) is 14.2 Å². The SMILES string of the molecule is CC/C=C\C/C=C\C/C=C\C/C=C\C/C=C\C/C=C\CCCCCCCCC(=O)OC(COC(=O)CCCCCCCCCCCC)COC(=O)CCCCCCCCCCCCCCCCCC/C=C\C/C=C\C/C=C\C/C=C\CC. The lowest BCUT2D eigenvalue weighted by molar-refractivity contribution is -0.167. The number of hydrogen-bond donors (Lipinski definition) is 0. The monoisotopic (exact) mass is 1140 g/mol. The Balaban J connectivity index is 4.23. The summed E-state index contributed by atoms with van der Waals surface area (Å²) in [6.07, 6.45) is 96.5. The molecular weight excluding hydrogens is 1010 g/mol. The van der Waals surface area contributed by atoms with E-state index < -0.39 is 6.10 Å². The number of unbranched alkanes of at least 4 members (excludes halogenated alkanes) is 31. The summed E-state index contributed by atoms with van der Waals surface area (Å²) in [4.78, 5) is 38.3. The second-order valence-electron chi connectivity index (χ2n) is 22.7. The van der Waals surface area contributed by atoms with Crippen molar-refractivity contribution in [1.82, 2.24) is 0 Å². The summed E-state index contributed by atoms with van der Waals surface area (Å²) in [5.41, 5.74) is 0. The Hall–Kier alpha value is -4.19. The number of allylic oxidation sites excluding steroid dienone is 20. The molecule has 0 spiro atoms. The van der Waals surface area contributed by atoms with Gasteiger partial charge >= 0.3 is 17.9 Å². The molecule has 0 rings (SSSR count). The molecule has 0 heterocycles. The van der Waals surface area contributed by atoms with Crippen LogP contribution >= 0.6 is 0 Å². The maximum absolute atomic E-state index is 12.9. The quantitative estimate of drug-likeness (QED) is 0.0261. The smallest absolute Gasteiger partial charge is 0.306 e. The highest BCUT2D eigenvalue weighted by molar-refractivity contribution is 5.71. The number of carbonyl (C=O) groups is 3. The standard InChI is InChI=1S/C76H128O6/c1-4-7-10-13-16-19-22-24-26-28-30-32-34-36-37-38-39-41-42-44-46-48-50-52-54-57-60-63-66-69-75(78)81-72-73(71-80-74(77)68-65-62-59-56-21-18-15-12-9-6-3)82-76(79)70-67-64-61-58-55-53-51-49-47-45-43-40-35-33-31-29-27-25-23-20-17-14-11-8-5-2/h7-8,10-11,16-17,19-20,24-27,30-33,40,43,47,49,73H,4-6,9,12-15,18,21-23,28-29,34-39,41-42,44-46,48,50-72H2,1-3H3/b10-7-,11-8-,19-16-,20-17-,26-24-,27-25-,32-30-,33-31-,43-40-,49-47-. The average Bonchev–Trinajstić information content (AvgIpc) is 3.47. The van der Waals surface area contributed by atoms with Gasteiger partial charge in [-0.3, -0.25) is 14.4 Å². The molecule has 0 aliphatic heterocycles. The van der Waals surface area contributed by atoms with Crippen LogP contribution in [-0.2, 0) is 28.6 Å². The van der Waals surface area contributed by atoms with Gasteiger partial charge in [0.2, 0.25) is 0 Å². The van der Waals surface area contributed by atoms with Crippen molar-refractivity contribution in [2.75, 3.05) is 13.2 Å². The van der Waals surface area contributed by atoms with Gasteiger partial charge in [-0.05, 0) is 109 Å². The highest BCUT2D eigenvalue weighted by Crippen LogP contribution is 2.17. The van der Waals surface area contributed by atoms with Gasteiger partial charge in [-0.1, -0.05) is 316 Å². The second kappa shape index (κ2) is 69.3. The first kappa shape index (κ1) is 77.8. The van der Waals surface area contributed by atoms with E-state index in [1.54, 1.807) is 0 Å². The summed E-state index contributed by atoms with van der Waals surface area (Å²) in [7, 11) is 0. The van der Waals surface area contributed by atoms with Crippen molar-refractivity contribution in [1.29, 1.82) is 0 Å². The van der Waals surface area contributed by atoms with Crippen LogP contribution in [0, 0.1) is 0 Å². The van der Waals surface area contributed by atoms with Crippen LogP contribution in [0.4, 0.5) is 0 Å². The summed E-state index contributed by atoms with van der Waals surface area (Å²) in [5.74, 6) is -0.888. The number of esters is 3. The third-order valence-electron chi connectivity index (χ3n) is 14.7. The van der Waals surface area contributed by atoms with Crippen LogP contribution in [0.15, 0.2) is 122 Å². The van der Waals surface area contributed by atoms with Crippen molar-refractivity contribution >= 4 is 17.9 Å². The van der Waals surface area contributed by atoms with E-state index in [1.807, 2.05) is 0 Å². The molecule has 1 atom stereocenters. The third kappa shape index (κ3) is 66.6. The number of hydrogen-bond acceptors (Lipinski definition) is 6. The molecule has 468 valence electrons. The molecule has 0 fully saturated rings. The molecule has 0 aliphatic carbocycles. The number of ether oxygens (including phenoxy) is 3. The van der Waals surface area contributed by atoms with E-state index in [0.717, 1.165) is 135 Å². The van der Waals surface area contributed by atoms with Gasteiger partial charge in [0.15, 0.2) is 6.10 Å². The topological polar surface area (TPSA) is 78.9 Å². The van der Waals surface area contributed by atoms with Crippen LogP contribution in [-0.4, -0.2) is 37.2 Å². The van der Waals surface area contributed by atoms with Gasteiger partial charge in [0.1, 0.15) is 13.2 Å². The first-order valence-corrected chi connectivity index (χ1v) is 34.5. The Labute approximate surface area is 507 Å². The zero-order valence-electron chi connectivity index (χ0n) is 53.7. The molecule has 0 aromatic rings. The van der Waals surface area contributed by atoms with E-state index in [9.17, 15) is 14.4 Å². The molecule has 0 aromatic heterocycles. The second-order valence-corrected chi connectivity index (χ2v) is 22.7. The summed E-state index contributed by atoms with van der Waals surface area (Å²) < 4.78 is 16.9.